The number of nitrogens with two attached hydrogens (primary N) is 2. The molecule has 0 aromatic heterocycles. The molecule has 7 N–H and O–H groups in total. The van der Waals surface area contributed by atoms with Crippen molar-refractivity contribution in [2.24, 2.45) is 74.6 Å². The standard InChI is InChI=1S/C27H44N2O4.C26H43N3O4.CH2O2/c1-17-25(33)29-16-19-21(27(19,4)5)22(29)20(30)15-18(23(31)24(28)32)13-11-9-7-6-8-10-12-14-26(17,2)3;1-25(2)13-11-9-7-5-6-8-10-12-16(21(31)23(28)32)14-18(30)20-19-17(26(19,3)4)15-29(20)24(33)22(25)27;2-1-3/h17-19,21-22H,6-16H2,1-5H3,(H2,28,32);16-17,19-20,22H,5-15,27H2,1-4H3,(H2,28,32);1H,(H,2,3)/t17-,18-,19?,21+,22-;16-,17?,19+,20-,22-;/m11./s1. The number of rotatable bonds is 4. The van der Waals surface area contributed by atoms with E-state index >= 15 is 0 Å². The molecular formula is C54H89N5O10. The summed E-state index contributed by atoms with van der Waals surface area (Å²) in [5.41, 5.74) is 14.5. The molecule has 2 unspecified atom stereocenters. The van der Waals surface area contributed by atoms with Gasteiger partial charge in [0.1, 0.15) is 0 Å². The average Bonchev–Trinajstić information content (AvgIpc) is 3.73. The van der Waals surface area contributed by atoms with Crippen LogP contribution in [0.2, 0.25) is 0 Å². The lowest BCUT2D eigenvalue weighted by atomic mass is 9.75. The summed E-state index contributed by atoms with van der Waals surface area (Å²) in [4.78, 5) is 115. The number of amides is 4. The van der Waals surface area contributed by atoms with Gasteiger partial charge < -0.3 is 36.9 Å². The van der Waals surface area contributed by atoms with Crippen LogP contribution in [-0.4, -0.2) is 94.2 Å². The van der Waals surface area contributed by atoms with Gasteiger partial charge in [0.25, 0.3) is 17.7 Å². The maximum absolute atomic E-state index is 13.7. The molecule has 0 aromatic rings. The van der Waals surface area contributed by atoms with Gasteiger partial charge in [-0.25, -0.2) is 0 Å². The molecule has 4 aliphatic heterocycles. The Morgan fingerprint density at radius 3 is 1.25 bits per heavy atom. The van der Waals surface area contributed by atoms with Crippen LogP contribution in [0.4, 0.5) is 0 Å². The van der Waals surface area contributed by atoms with E-state index < -0.39 is 59.8 Å². The minimum absolute atomic E-state index is 0.00519. The van der Waals surface area contributed by atoms with Crippen molar-refractivity contribution in [2.75, 3.05) is 13.1 Å². The number of nitrogens with zero attached hydrogens (tertiary/aromatic N) is 2. The number of ketones is 4. The second-order valence-corrected chi connectivity index (χ2v) is 24.3. The lowest BCUT2D eigenvalue weighted by molar-refractivity contribution is -0.430. The molecule has 0 aromatic carbocycles. The van der Waals surface area contributed by atoms with Crippen LogP contribution in [0.25, 0.3) is 0 Å². The Balaban J connectivity index is 0.000000284. The number of carbonyl (C=O) groups excluding carboxylic acids is 9. The number of carboxylic acid groups (broad SMARTS) is 1. The van der Waals surface area contributed by atoms with Crippen LogP contribution in [-0.2, 0) is 43.2 Å². The number of fused-ring (bicyclic) bond motifs is 6. The van der Waals surface area contributed by atoms with E-state index in [1.165, 1.54) is 6.42 Å². The van der Waals surface area contributed by atoms with E-state index in [-0.39, 0.29) is 75.6 Å². The van der Waals surface area contributed by atoms with Crippen molar-refractivity contribution < 1.29 is 54.0 Å². The number of primary amides is 2. The van der Waals surface area contributed by atoms with Gasteiger partial charge in [0.15, 0.2) is 17.6 Å². The van der Waals surface area contributed by atoms with Gasteiger partial charge in [-0.3, -0.25) is 38.4 Å². The second kappa shape index (κ2) is 23.9. The van der Waals surface area contributed by atoms with E-state index in [2.05, 4.69) is 61.1 Å². The van der Waals surface area contributed by atoms with E-state index in [4.69, 9.17) is 21.4 Å². The van der Waals surface area contributed by atoms with E-state index in [1.807, 2.05) is 11.8 Å². The molecule has 0 spiro atoms. The zero-order chi connectivity index (χ0) is 51.8. The van der Waals surface area contributed by atoms with Crippen molar-refractivity contribution in [3.8, 4) is 0 Å². The Morgan fingerprint density at radius 2 is 0.884 bits per heavy atom. The molecular weight excluding hydrogens is 879 g/mol. The van der Waals surface area contributed by atoms with Crippen LogP contribution in [0, 0.1) is 63.1 Å². The third-order valence-electron chi connectivity index (χ3n) is 18.3. The first kappa shape index (κ1) is 57.6. The molecule has 15 nitrogen and oxygen atoms in total. The maximum atomic E-state index is 13.7. The Hall–Kier alpha value is -4.01. The quantitative estimate of drug-likeness (QED) is 0.253. The zero-order valence-electron chi connectivity index (χ0n) is 43.7. The smallest absolute Gasteiger partial charge is 0.285 e. The fourth-order valence-electron chi connectivity index (χ4n) is 12.8. The predicted octanol–water partition coefficient (Wildman–Crippen LogP) is 4.91. The van der Waals surface area contributed by atoms with Crippen LogP contribution in [0.15, 0.2) is 0 Å². The van der Waals surface area contributed by atoms with E-state index in [1.54, 1.807) is 4.90 Å². The third kappa shape index (κ3) is 13.7. The average molecular weight is 968 g/mol. The summed E-state index contributed by atoms with van der Waals surface area (Å²) in [5, 5.41) is 8.25. The van der Waals surface area contributed by atoms with E-state index in [0.29, 0.717) is 37.8 Å². The Morgan fingerprint density at radius 1 is 0.565 bits per heavy atom. The normalized spacial score (nSPS) is 33.9. The monoisotopic (exact) mass is 968 g/mol. The molecule has 6 rings (SSSR count). The first-order chi connectivity index (χ1) is 32.2. The molecule has 6 aliphatic rings. The summed E-state index contributed by atoms with van der Waals surface area (Å²) >= 11 is 0. The molecule has 2 aliphatic carbocycles. The van der Waals surface area contributed by atoms with Gasteiger partial charge >= 0.3 is 0 Å². The molecule has 0 bridgehead atoms. The van der Waals surface area contributed by atoms with Crippen LogP contribution in [0.5, 0.6) is 0 Å². The number of hydrogen-bond donors (Lipinski definition) is 3. The molecule has 0 radical (unpaired) electrons. The van der Waals surface area contributed by atoms with Gasteiger partial charge in [0, 0.05) is 55.6 Å². The van der Waals surface area contributed by atoms with Crippen molar-refractivity contribution in [3.05, 3.63) is 0 Å². The summed E-state index contributed by atoms with van der Waals surface area (Å²) in [6.07, 6.45) is 17.8. The van der Waals surface area contributed by atoms with E-state index in [0.717, 1.165) is 96.3 Å². The number of carbonyl (C=O) groups is 9. The molecule has 4 heterocycles. The highest BCUT2D eigenvalue weighted by Crippen LogP contribution is 2.66. The Bertz CT molecular complexity index is 1760. The Labute approximate surface area is 412 Å². The molecule has 10 atom stereocenters. The highest BCUT2D eigenvalue weighted by molar-refractivity contribution is 6.37. The number of piperidine rings is 2. The predicted molar refractivity (Wildman–Crippen MR) is 260 cm³/mol. The molecule has 4 saturated heterocycles. The number of quaternary nitrogens is 1. The molecule has 69 heavy (non-hydrogen) atoms. The second-order valence-electron chi connectivity index (χ2n) is 24.3. The topological polar surface area (TPSA) is 263 Å². The molecule has 6 fully saturated rings. The fraction of sp³-hybridized carbons (Fsp3) is 0.833. The van der Waals surface area contributed by atoms with Gasteiger partial charge in [-0.2, -0.15) is 0 Å². The van der Waals surface area contributed by atoms with Crippen LogP contribution < -0.4 is 22.3 Å². The van der Waals surface area contributed by atoms with Crippen LogP contribution in [0.3, 0.4) is 0 Å². The van der Waals surface area contributed by atoms with Crippen molar-refractivity contribution in [1.82, 2.24) is 9.80 Å². The molecule has 390 valence electrons. The van der Waals surface area contributed by atoms with Crippen LogP contribution >= 0.6 is 0 Å². The maximum Gasteiger partial charge on any atom is 0.285 e. The highest BCUT2D eigenvalue weighted by Gasteiger charge is 2.70. The van der Waals surface area contributed by atoms with Crippen molar-refractivity contribution in [1.29, 1.82) is 0 Å². The lowest BCUT2D eigenvalue weighted by Gasteiger charge is -2.38. The SMILES string of the molecule is CC1(C)CCCCCCCCC[C@@H](C(=O)C(N)=O)CC(=O)[C@@H]2[C@@H]3C(CN2C(=O)[C@H]1[NH3+])C3(C)C.C[C@@H]1C(=O)N2CC3[C@@H]([C@H]2C(=O)C[C@H](C(=O)C(N)=O)CCCCCCCCCC1(C)C)C3(C)C.O=C[O-]. The number of hydrogen-bond acceptors (Lipinski definition) is 10. The summed E-state index contributed by atoms with van der Waals surface area (Å²) in [6.45, 7) is 19.9. The van der Waals surface area contributed by atoms with Crippen LogP contribution in [0.1, 0.15) is 191 Å². The fourth-order valence-corrected chi connectivity index (χ4v) is 12.8. The largest absolute Gasteiger partial charge is 0.554 e. The number of Topliss-reactive ketones (excluding diaryl/α,β-unsaturated/α-hetero) is 4. The van der Waals surface area contributed by atoms with Gasteiger partial charge in [-0.05, 0) is 65.6 Å². The third-order valence-corrected chi connectivity index (χ3v) is 18.3. The van der Waals surface area contributed by atoms with Gasteiger partial charge in [-0.15, -0.1) is 0 Å². The molecule has 15 heteroatoms. The summed E-state index contributed by atoms with van der Waals surface area (Å²) in [5.74, 6) is -4.06. The molecule has 4 amide bonds. The summed E-state index contributed by atoms with van der Waals surface area (Å²) in [7, 11) is 0. The minimum atomic E-state index is -0.970. The highest BCUT2D eigenvalue weighted by atomic mass is 16.3. The lowest BCUT2D eigenvalue weighted by Crippen LogP contribution is -2.74. The van der Waals surface area contributed by atoms with Gasteiger partial charge in [0.05, 0.1) is 12.1 Å². The first-order valence-electron chi connectivity index (χ1n) is 26.4. The van der Waals surface area contributed by atoms with Crippen molar-refractivity contribution in [3.63, 3.8) is 0 Å². The van der Waals surface area contributed by atoms with Gasteiger partial charge in [-0.1, -0.05) is 152 Å². The van der Waals surface area contributed by atoms with Crippen molar-refractivity contribution >= 4 is 53.2 Å². The first-order valence-corrected chi connectivity index (χ1v) is 26.4. The summed E-state index contributed by atoms with van der Waals surface area (Å²) in [6, 6.07) is -1.45. The zero-order valence-corrected chi connectivity index (χ0v) is 43.7. The Kier molecular flexibility index (Phi) is 20.0. The molecule has 2 saturated carbocycles. The van der Waals surface area contributed by atoms with E-state index in [9.17, 15) is 38.4 Å². The van der Waals surface area contributed by atoms with Gasteiger partial charge in [0.2, 0.25) is 17.5 Å². The van der Waals surface area contributed by atoms with Crippen molar-refractivity contribution in [2.45, 2.75) is 209 Å². The minimum Gasteiger partial charge on any atom is -0.554 e. The summed E-state index contributed by atoms with van der Waals surface area (Å²) < 4.78 is 0.